The summed E-state index contributed by atoms with van der Waals surface area (Å²) in [5.74, 6) is 1.61. The van der Waals surface area contributed by atoms with Crippen molar-refractivity contribution in [3.63, 3.8) is 0 Å². The van der Waals surface area contributed by atoms with Crippen LogP contribution in [0.2, 0.25) is 0 Å². The van der Waals surface area contributed by atoms with Gasteiger partial charge in [-0.3, -0.25) is 9.89 Å². The fourth-order valence-corrected chi connectivity index (χ4v) is 3.53. The Morgan fingerprint density at radius 3 is 2.87 bits per heavy atom. The Labute approximate surface area is 144 Å². The van der Waals surface area contributed by atoms with Crippen LogP contribution < -0.4 is 10.6 Å². The molecule has 2 heterocycles. The molecule has 23 heavy (non-hydrogen) atoms. The minimum absolute atomic E-state index is 0.700. The number of rotatable bonds is 8. The molecular weight excluding hydrogens is 308 g/mol. The summed E-state index contributed by atoms with van der Waals surface area (Å²) in [7, 11) is 1.72. The Hall–Kier alpha value is -1.11. The number of hydrogen-bond donors (Lipinski definition) is 2. The molecule has 1 aliphatic rings. The number of guanidine groups is 1. The van der Waals surface area contributed by atoms with Crippen molar-refractivity contribution in [3.05, 3.63) is 22.4 Å². The molecule has 5 nitrogen and oxygen atoms in total. The van der Waals surface area contributed by atoms with Crippen molar-refractivity contribution >= 4 is 17.3 Å². The lowest BCUT2D eigenvalue weighted by Crippen LogP contribution is -2.40. The smallest absolute Gasteiger partial charge is 0.191 e. The summed E-state index contributed by atoms with van der Waals surface area (Å²) in [5.41, 5.74) is 0. The van der Waals surface area contributed by atoms with Crippen LogP contribution in [0.15, 0.2) is 22.5 Å². The maximum absolute atomic E-state index is 5.07. The van der Waals surface area contributed by atoms with Gasteiger partial charge in [-0.2, -0.15) is 0 Å². The quantitative estimate of drug-likeness (QED) is 0.433. The lowest BCUT2D eigenvalue weighted by molar-refractivity contribution is 0.182. The van der Waals surface area contributed by atoms with Gasteiger partial charge in [-0.1, -0.05) is 6.07 Å². The van der Waals surface area contributed by atoms with Gasteiger partial charge in [-0.05, 0) is 50.2 Å². The average Bonchev–Trinajstić information content (AvgIpc) is 3.07. The monoisotopic (exact) mass is 338 g/mol. The van der Waals surface area contributed by atoms with Crippen LogP contribution in [0.5, 0.6) is 0 Å². The predicted octanol–water partition coefficient (Wildman–Crippen LogP) is 2.16. The first-order valence-corrected chi connectivity index (χ1v) is 9.45. The highest BCUT2D eigenvalue weighted by Crippen LogP contribution is 2.20. The molecule has 1 aliphatic heterocycles. The zero-order valence-corrected chi connectivity index (χ0v) is 15.2. The molecule has 0 aliphatic carbocycles. The second kappa shape index (κ2) is 10.6. The molecule has 0 atom stereocenters. The first-order valence-electron chi connectivity index (χ1n) is 8.57. The standard InChI is InChI=1S/C17H30N4OS/c1-3-18-17(19-8-11-22-2)20-13-15-6-9-21(10-7-15)14-16-5-4-12-23-16/h4-5,12,15H,3,6-11,13-14H2,1-2H3,(H2,18,19,20). The van der Waals surface area contributed by atoms with Crippen LogP contribution in [-0.4, -0.2) is 57.3 Å². The Morgan fingerprint density at radius 2 is 2.22 bits per heavy atom. The molecule has 1 saturated heterocycles. The average molecular weight is 339 g/mol. The van der Waals surface area contributed by atoms with E-state index in [-0.39, 0.29) is 0 Å². The minimum atomic E-state index is 0.700. The molecule has 1 fully saturated rings. The molecule has 0 aromatic carbocycles. The number of methoxy groups -OCH3 is 1. The summed E-state index contributed by atoms with van der Waals surface area (Å²) in [5, 5.41) is 8.76. The van der Waals surface area contributed by atoms with E-state index in [0.717, 1.165) is 32.1 Å². The second-order valence-electron chi connectivity index (χ2n) is 5.94. The van der Waals surface area contributed by atoms with E-state index in [1.165, 1.54) is 30.8 Å². The molecule has 1 aromatic rings. The fraction of sp³-hybridized carbons (Fsp3) is 0.706. The third kappa shape index (κ3) is 6.89. The molecule has 0 unspecified atom stereocenters. The molecule has 0 saturated carbocycles. The van der Waals surface area contributed by atoms with Crippen LogP contribution in [0.25, 0.3) is 0 Å². The first-order chi connectivity index (χ1) is 11.3. The summed E-state index contributed by atoms with van der Waals surface area (Å²) in [6.45, 7) is 8.86. The Bertz CT molecular complexity index is 441. The number of likely N-dealkylation sites (tertiary alicyclic amines) is 1. The molecule has 6 heteroatoms. The van der Waals surface area contributed by atoms with Gasteiger partial charge >= 0.3 is 0 Å². The van der Waals surface area contributed by atoms with Gasteiger partial charge in [0.15, 0.2) is 5.96 Å². The molecule has 2 rings (SSSR count). The highest BCUT2D eigenvalue weighted by atomic mass is 32.1. The number of nitrogens with one attached hydrogen (secondary N) is 2. The first kappa shape index (κ1) is 18.2. The highest BCUT2D eigenvalue weighted by Gasteiger charge is 2.19. The number of piperidine rings is 1. The Kier molecular flexibility index (Phi) is 8.42. The third-order valence-corrected chi connectivity index (χ3v) is 4.98. The van der Waals surface area contributed by atoms with Crippen molar-refractivity contribution in [2.24, 2.45) is 10.9 Å². The molecular formula is C17H30N4OS. The number of ether oxygens (including phenoxy) is 1. The van der Waals surface area contributed by atoms with E-state index in [9.17, 15) is 0 Å². The number of hydrogen-bond acceptors (Lipinski definition) is 4. The molecule has 130 valence electrons. The van der Waals surface area contributed by atoms with Crippen molar-refractivity contribution in [1.82, 2.24) is 15.5 Å². The molecule has 1 aromatic heterocycles. The number of aliphatic imine (C=N–C) groups is 1. The van der Waals surface area contributed by atoms with E-state index >= 15 is 0 Å². The normalized spacial score (nSPS) is 17.4. The van der Waals surface area contributed by atoms with Crippen molar-refractivity contribution < 1.29 is 4.74 Å². The van der Waals surface area contributed by atoms with E-state index in [2.05, 4.69) is 40.0 Å². The maximum atomic E-state index is 5.07. The summed E-state index contributed by atoms with van der Waals surface area (Å²) >= 11 is 1.86. The van der Waals surface area contributed by atoms with Crippen LogP contribution >= 0.6 is 11.3 Å². The van der Waals surface area contributed by atoms with E-state index in [1.807, 2.05) is 11.3 Å². The van der Waals surface area contributed by atoms with Crippen LogP contribution in [0, 0.1) is 5.92 Å². The van der Waals surface area contributed by atoms with Crippen molar-refractivity contribution in [1.29, 1.82) is 0 Å². The van der Waals surface area contributed by atoms with Crippen molar-refractivity contribution in [2.75, 3.05) is 46.4 Å². The summed E-state index contributed by atoms with van der Waals surface area (Å²) < 4.78 is 5.07. The zero-order valence-electron chi connectivity index (χ0n) is 14.4. The lowest BCUT2D eigenvalue weighted by atomic mass is 9.97. The van der Waals surface area contributed by atoms with E-state index < -0.39 is 0 Å². The van der Waals surface area contributed by atoms with Gasteiger partial charge in [0, 0.05) is 38.2 Å². The van der Waals surface area contributed by atoms with Gasteiger partial charge in [0.2, 0.25) is 0 Å². The molecule has 0 radical (unpaired) electrons. The molecule has 2 N–H and O–H groups in total. The fourth-order valence-electron chi connectivity index (χ4n) is 2.78. The summed E-state index contributed by atoms with van der Waals surface area (Å²) in [6.07, 6.45) is 2.48. The molecule has 0 amide bonds. The third-order valence-electron chi connectivity index (χ3n) is 4.12. The van der Waals surface area contributed by atoms with Crippen LogP contribution in [0.3, 0.4) is 0 Å². The van der Waals surface area contributed by atoms with E-state index in [0.29, 0.717) is 12.5 Å². The van der Waals surface area contributed by atoms with Crippen LogP contribution in [-0.2, 0) is 11.3 Å². The Morgan fingerprint density at radius 1 is 1.39 bits per heavy atom. The van der Waals surface area contributed by atoms with Crippen LogP contribution in [0.1, 0.15) is 24.6 Å². The van der Waals surface area contributed by atoms with Crippen molar-refractivity contribution in [2.45, 2.75) is 26.3 Å². The van der Waals surface area contributed by atoms with Crippen molar-refractivity contribution in [3.8, 4) is 0 Å². The van der Waals surface area contributed by atoms with E-state index in [4.69, 9.17) is 9.73 Å². The largest absolute Gasteiger partial charge is 0.383 e. The predicted molar refractivity (Wildman–Crippen MR) is 98.2 cm³/mol. The second-order valence-corrected chi connectivity index (χ2v) is 6.97. The SMILES string of the molecule is CCNC(=NCC1CCN(Cc2cccs2)CC1)NCCOC. The maximum Gasteiger partial charge on any atom is 0.191 e. The highest BCUT2D eigenvalue weighted by molar-refractivity contribution is 7.09. The molecule has 0 spiro atoms. The molecule has 0 bridgehead atoms. The summed E-state index contributed by atoms with van der Waals surface area (Å²) in [4.78, 5) is 8.77. The van der Waals surface area contributed by atoms with Gasteiger partial charge in [0.1, 0.15) is 0 Å². The number of nitrogens with zero attached hydrogens (tertiary/aromatic N) is 2. The number of thiophene rings is 1. The topological polar surface area (TPSA) is 48.9 Å². The van der Waals surface area contributed by atoms with E-state index in [1.54, 1.807) is 7.11 Å². The zero-order chi connectivity index (χ0) is 16.3. The lowest BCUT2D eigenvalue weighted by Gasteiger charge is -2.31. The van der Waals surface area contributed by atoms with Gasteiger partial charge in [0.25, 0.3) is 0 Å². The van der Waals surface area contributed by atoms with Gasteiger partial charge in [0.05, 0.1) is 6.61 Å². The van der Waals surface area contributed by atoms with Gasteiger partial charge in [-0.15, -0.1) is 11.3 Å². The van der Waals surface area contributed by atoms with Gasteiger partial charge < -0.3 is 15.4 Å². The Balaban J connectivity index is 1.70. The van der Waals surface area contributed by atoms with Gasteiger partial charge in [-0.25, -0.2) is 0 Å². The van der Waals surface area contributed by atoms with Crippen LogP contribution in [0.4, 0.5) is 0 Å². The summed E-state index contributed by atoms with van der Waals surface area (Å²) in [6, 6.07) is 4.37. The minimum Gasteiger partial charge on any atom is -0.383 e.